The van der Waals surface area contributed by atoms with Gasteiger partial charge in [0.25, 0.3) is 0 Å². The van der Waals surface area contributed by atoms with Gasteiger partial charge in [0.1, 0.15) is 0 Å². The molecule has 0 saturated carbocycles. The summed E-state index contributed by atoms with van der Waals surface area (Å²) >= 11 is 0. The zero-order valence-electron chi connectivity index (χ0n) is 9.78. The molecule has 1 aromatic heterocycles. The van der Waals surface area contributed by atoms with E-state index in [0.717, 1.165) is 10.9 Å². The van der Waals surface area contributed by atoms with E-state index in [-0.39, 0.29) is 5.97 Å². The van der Waals surface area contributed by atoms with E-state index in [9.17, 15) is 4.79 Å². The predicted molar refractivity (Wildman–Crippen MR) is 63.6 cm³/mol. The standard InChI is InChI=1S/C13H15NO2/c1-4-16-13(15)10-5-6-12-11(7-10)9(2)8-14(12)3/h5-8H,4H2,1-3H3. The summed E-state index contributed by atoms with van der Waals surface area (Å²) in [6.07, 6.45) is 2.06. The molecule has 0 spiro atoms. The van der Waals surface area contributed by atoms with Gasteiger partial charge in [-0.1, -0.05) is 0 Å². The molecule has 1 aromatic carbocycles. The number of aromatic nitrogens is 1. The van der Waals surface area contributed by atoms with E-state index in [1.54, 1.807) is 6.07 Å². The van der Waals surface area contributed by atoms with E-state index in [4.69, 9.17) is 4.74 Å². The Balaban J connectivity index is 2.51. The van der Waals surface area contributed by atoms with Crippen LogP contribution in [0.15, 0.2) is 24.4 Å². The molecule has 0 aliphatic carbocycles. The van der Waals surface area contributed by atoms with Crippen LogP contribution in [0, 0.1) is 6.92 Å². The van der Waals surface area contributed by atoms with E-state index in [1.807, 2.05) is 33.0 Å². The smallest absolute Gasteiger partial charge is 0.338 e. The molecule has 3 heteroatoms. The number of carbonyl (C=O) groups excluding carboxylic acids is 1. The van der Waals surface area contributed by atoms with E-state index in [0.29, 0.717) is 12.2 Å². The van der Waals surface area contributed by atoms with Crippen LogP contribution in [-0.2, 0) is 11.8 Å². The Morgan fingerprint density at radius 1 is 1.44 bits per heavy atom. The van der Waals surface area contributed by atoms with Gasteiger partial charge in [-0.3, -0.25) is 0 Å². The van der Waals surface area contributed by atoms with Crippen molar-refractivity contribution in [2.75, 3.05) is 6.61 Å². The quantitative estimate of drug-likeness (QED) is 0.724. The molecule has 0 N–H and O–H groups in total. The maximum Gasteiger partial charge on any atom is 0.338 e. The Morgan fingerprint density at radius 3 is 2.88 bits per heavy atom. The number of fused-ring (bicyclic) bond motifs is 1. The van der Waals surface area contributed by atoms with Crippen molar-refractivity contribution in [1.29, 1.82) is 0 Å². The van der Waals surface area contributed by atoms with Crippen LogP contribution in [0.1, 0.15) is 22.8 Å². The SMILES string of the molecule is CCOC(=O)c1ccc2c(c1)c(C)cn2C. The van der Waals surface area contributed by atoms with Crippen LogP contribution in [0.4, 0.5) is 0 Å². The maximum absolute atomic E-state index is 11.6. The van der Waals surface area contributed by atoms with E-state index < -0.39 is 0 Å². The van der Waals surface area contributed by atoms with Gasteiger partial charge in [0, 0.05) is 24.1 Å². The Hall–Kier alpha value is -1.77. The van der Waals surface area contributed by atoms with Crippen LogP contribution in [-0.4, -0.2) is 17.1 Å². The highest BCUT2D eigenvalue weighted by Gasteiger charge is 2.09. The van der Waals surface area contributed by atoms with Gasteiger partial charge in [0.2, 0.25) is 0 Å². The molecule has 0 saturated heterocycles. The summed E-state index contributed by atoms with van der Waals surface area (Å²) in [7, 11) is 2.00. The van der Waals surface area contributed by atoms with E-state index in [1.165, 1.54) is 5.56 Å². The molecule has 1 heterocycles. The van der Waals surface area contributed by atoms with Crippen LogP contribution in [0.5, 0.6) is 0 Å². The number of hydrogen-bond donors (Lipinski definition) is 0. The van der Waals surface area contributed by atoms with Gasteiger partial charge in [-0.25, -0.2) is 4.79 Å². The third-order valence-corrected chi connectivity index (χ3v) is 2.70. The van der Waals surface area contributed by atoms with Gasteiger partial charge in [0.15, 0.2) is 0 Å². The number of hydrogen-bond acceptors (Lipinski definition) is 2. The lowest BCUT2D eigenvalue weighted by molar-refractivity contribution is 0.0526. The van der Waals surface area contributed by atoms with Crippen LogP contribution in [0.3, 0.4) is 0 Å². The fraction of sp³-hybridized carbons (Fsp3) is 0.308. The van der Waals surface area contributed by atoms with Gasteiger partial charge >= 0.3 is 5.97 Å². The van der Waals surface area contributed by atoms with Gasteiger partial charge in [0.05, 0.1) is 12.2 Å². The normalized spacial score (nSPS) is 10.7. The number of aryl methyl sites for hydroxylation is 2. The molecular formula is C13H15NO2. The van der Waals surface area contributed by atoms with Crippen LogP contribution in [0.25, 0.3) is 10.9 Å². The number of ether oxygens (including phenoxy) is 1. The molecule has 0 aliphatic heterocycles. The minimum Gasteiger partial charge on any atom is -0.462 e. The number of benzene rings is 1. The average Bonchev–Trinajstić information content (AvgIpc) is 2.55. The topological polar surface area (TPSA) is 31.2 Å². The summed E-state index contributed by atoms with van der Waals surface area (Å²) in [5.74, 6) is -0.257. The number of nitrogens with zero attached hydrogens (tertiary/aromatic N) is 1. The van der Waals surface area contributed by atoms with Gasteiger partial charge in [-0.05, 0) is 37.6 Å². The van der Waals surface area contributed by atoms with Crippen LogP contribution < -0.4 is 0 Å². The first kappa shape index (κ1) is 10.7. The summed E-state index contributed by atoms with van der Waals surface area (Å²) in [4.78, 5) is 11.6. The summed E-state index contributed by atoms with van der Waals surface area (Å²) in [5, 5.41) is 1.10. The second-order valence-corrected chi connectivity index (χ2v) is 3.88. The Labute approximate surface area is 94.6 Å². The minimum absolute atomic E-state index is 0.257. The molecule has 0 unspecified atom stereocenters. The molecule has 0 amide bonds. The molecule has 84 valence electrons. The van der Waals surface area contributed by atoms with Crippen molar-refractivity contribution in [1.82, 2.24) is 4.57 Å². The highest BCUT2D eigenvalue weighted by atomic mass is 16.5. The first-order valence-electron chi connectivity index (χ1n) is 5.36. The molecule has 0 radical (unpaired) electrons. The lowest BCUT2D eigenvalue weighted by Crippen LogP contribution is -2.04. The van der Waals surface area contributed by atoms with Crippen molar-refractivity contribution in [3.05, 3.63) is 35.5 Å². The third-order valence-electron chi connectivity index (χ3n) is 2.70. The zero-order chi connectivity index (χ0) is 11.7. The van der Waals surface area contributed by atoms with Crippen molar-refractivity contribution < 1.29 is 9.53 Å². The van der Waals surface area contributed by atoms with Crippen molar-refractivity contribution in [2.24, 2.45) is 7.05 Å². The molecule has 2 rings (SSSR count). The predicted octanol–water partition coefficient (Wildman–Crippen LogP) is 2.66. The van der Waals surface area contributed by atoms with Gasteiger partial charge in [-0.2, -0.15) is 0 Å². The molecule has 0 atom stereocenters. The monoisotopic (exact) mass is 217 g/mol. The largest absolute Gasteiger partial charge is 0.462 e. The minimum atomic E-state index is -0.257. The molecule has 0 bridgehead atoms. The summed E-state index contributed by atoms with van der Waals surface area (Å²) in [5.41, 5.74) is 2.91. The highest BCUT2D eigenvalue weighted by molar-refractivity contribution is 5.95. The lowest BCUT2D eigenvalue weighted by atomic mass is 10.1. The summed E-state index contributed by atoms with van der Waals surface area (Å²) in [6.45, 7) is 4.26. The fourth-order valence-electron chi connectivity index (χ4n) is 1.93. The van der Waals surface area contributed by atoms with E-state index in [2.05, 4.69) is 10.8 Å². The second kappa shape index (κ2) is 4.00. The Bertz CT molecular complexity index is 540. The van der Waals surface area contributed by atoms with Crippen molar-refractivity contribution in [3.63, 3.8) is 0 Å². The van der Waals surface area contributed by atoms with Crippen molar-refractivity contribution in [2.45, 2.75) is 13.8 Å². The average molecular weight is 217 g/mol. The first-order valence-corrected chi connectivity index (χ1v) is 5.36. The maximum atomic E-state index is 11.6. The second-order valence-electron chi connectivity index (χ2n) is 3.88. The molecule has 0 fully saturated rings. The number of rotatable bonds is 2. The van der Waals surface area contributed by atoms with Gasteiger partial charge in [-0.15, -0.1) is 0 Å². The lowest BCUT2D eigenvalue weighted by Gasteiger charge is -2.02. The third kappa shape index (κ3) is 1.69. The van der Waals surface area contributed by atoms with Crippen molar-refractivity contribution >= 4 is 16.9 Å². The molecule has 2 aromatic rings. The molecule has 0 aliphatic rings. The summed E-state index contributed by atoms with van der Waals surface area (Å²) in [6, 6.07) is 5.65. The Kier molecular flexibility index (Phi) is 2.69. The molecule has 16 heavy (non-hydrogen) atoms. The summed E-state index contributed by atoms with van der Waals surface area (Å²) < 4.78 is 7.03. The van der Waals surface area contributed by atoms with E-state index >= 15 is 0 Å². The first-order chi connectivity index (χ1) is 7.63. The van der Waals surface area contributed by atoms with Crippen molar-refractivity contribution in [3.8, 4) is 0 Å². The number of esters is 1. The zero-order valence-corrected chi connectivity index (χ0v) is 9.78. The number of carbonyl (C=O) groups is 1. The van der Waals surface area contributed by atoms with Crippen LogP contribution in [0.2, 0.25) is 0 Å². The van der Waals surface area contributed by atoms with Crippen LogP contribution >= 0.6 is 0 Å². The Morgan fingerprint density at radius 2 is 2.19 bits per heavy atom. The fourth-order valence-corrected chi connectivity index (χ4v) is 1.93. The highest BCUT2D eigenvalue weighted by Crippen LogP contribution is 2.21. The molecule has 3 nitrogen and oxygen atoms in total. The molecular weight excluding hydrogens is 202 g/mol. The van der Waals surface area contributed by atoms with Gasteiger partial charge < -0.3 is 9.30 Å².